The van der Waals surface area contributed by atoms with Crippen LogP contribution in [0.3, 0.4) is 0 Å². The van der Waals surface area contributed by atoms with Gasteiger partial charge in [-0.3, -0.25) is 0 Å². The normalized spacial score (nSPS) is 12.0. The quantitative estimate of drug-likeness (QED) is 0.107. The van der Waals surface area contributed by atoms with Crippen LogP contribution in [-0.2, 0) is 0 Å². The Morgan fingerprint density at radius 3 is 1.06 bits per heavy atom. The van der Waals surface area contributed by atoms with Crippen molar-refractivity contribution in [1.29, 1.82) is 0 Å². The zero-order valence-corrected chi connectivity index (χ0v) is 39.3. The maximum absolute atomic E-state index is 2.93. The van der Waals surface area contributed by atoms with Crippen LogP contribution in [-0.4, -0.2) is 21.8 Å². The third kappa shape index (κ3) is 6.07. The molecule has 3 nitrogen and oxygen atoms in total. The van der Waals surface area contributed by atoms with Gasteiger partial charge in [0.15, 0.2) is 8.07 Å². The lowest BCUT2D eigenvalue weighted by atomic mass is 10.0. The summed E-state index contributed by atoms with van der Waals surface area (Å²) in [4.78, 5) is 0. The first kappa shape index (κ1) is 40.1. The molecule has 328 valence electrons. The fraction of sp³-hybridized carbons (Fsp3) is 0. The average molecular weight is 908 g/mol. The van der Waals surface area contributed by atoms with Crippen molar-refractivity contribution in [3.63, 3.8) is 0 Å². The van der Waals surface area contributed by atoms with Gasteiger partial charge in [-0.1, -0.05) is 194 Å². The van der Waals surface area contributed by atoms with E-state index in [1.54, 1.807) is 0 Å². The van der Waals surface area contributed by atoms with Crippen molar-refractivity contribution in [2.45, 2.75) is 0 Å². The predicted molar refractivity (Wildman–Crippen MR) is 299 cm³/mol. The van der Waals surface area contributed by atoms with Gasteiger partial charge >= 0.3 is 0 Å². The molecule has 0 bridgehead atoms. The topological polar surface area (TPSA) is 14.8 Å². The van der Waals surface area contributed by atoms with E-state index in [2.05, 4.69) is 287 Å². The number of hydrogen-bond acceptors (Lipinski definition) is 0. The Morgan fingerprint density at radius 2 is 0.557 bits per heavy atom. The zero-order chi connectivity index (χ0) is 46.2. The molecule has 0 aliphatic carbocycles. The van der Waals surface area contributed by atoms with Crippen LogP contribution in [0.4, 0.5) is 0 Å². The third-order valence-corrected chi connectivity index (χ3v) is 19.5. The van der Waals surface area contributed by atoms with Crippen LogP contribution in [0.2, 0.25) is 0 Å². The number of rotatable bonds is 8. The molecule has 3 aromatic heterocycles. The van der Waals surface area contributed by atoms with Crippen molar-refractivity contribution in [1.82, 2.24) is 13.7 Å². The van der Waals surface area contributed by atoms with Gasteiger partial charge in [0.25, 0.3) is 0 Å². The molecule has 11 aromatic carbocycles. The molecule has 0 N–H and O–H groups in total. The second kappa shape index (κ2) is 16.1. The molecule has 14 rings (SSSR count). The fourth-order valence-electron chi connectivity index (χ4n) is 11.7. The van der Waals surface area contributed by atoms with Gasteiger partial charge in [-0.2, -0.15) is 0 Å². The van der Waals surface area contributed by atoms with Crippen molar-refractivity contribution >= 4 is 94.2 Å². The first-order chi connectivity index (χ1) is 34.7. The Balaban J connectivity index is 0.960. The lowest BCUT2D eigenvalue weighted by Gasteiger charge is -2.35. The van der Waals surface area contributed by atoms with Gasteiger partial charge in [-0.05, 0) is 111 Å². The highest BCUT2D eigenvalue weighted by atomic mass is 28.3. The largest absolute Gasteiger partial charge is 0.309 e. The number of benzene rings is 11. The van der Waals surface area contributed by atoms with E-state index >= 15 is 0 Å². The molecule has 0 saturated carbocycles. The molecule has 14 aromatic rings. The second-order valence-corrected chi connectivity index (χ2v) is 22.3. The molecular formula is C66H45N3Si. The summed E-state index contributed by atoms with van der Waals surface area (Å²) < 4.78 is 7.28. The van der Waals surface area contributed by atoms with E-state index in [1.807, 2.05) is 0 Å². The predicted octanol–water partition coefficient (Wildman–Crippen LogP) is 14.0. The Labute approximate surface area is 407 Å². The lowest BCUT2D eigenvalue weighted by Crippen LogP contribution is -2.74. The molecule has 0 aliphatic heterocycles. The van der Waals surface area contributed by atoms with Crippen LogP contribution in [0, 0.1) is 0 Å². The van der Waals surface area contributed by atoms with Crippen LogP contribution in [0.5, 0.6) is 0 Å². The smallest absolute Gasteiger partial charge is 0.179 e. The van der Waals surface area contributed by atoms with E-state index < -0.39 is 8.07 Å². The summed E-state index contributed by atoms with van der Waals surface area (Å²) >= 11 is 0. The van der Waals surface area contributed by atoms with Gasteiger partial charge in [-0.15, -0.1) is 0 Å². The summed E-state index contributed by atoms with van der Waals surface area (Å²) in [5, 5.41) is 12.9. The van der Waals surface area contributed by atoms with Gasteiger partial charge in [0.05, 0.1) is 33.1 Å². The minimum Gasteiger partial charge on any atom is -0.309 e. The van der Waals surface area contributed by atoms with Gasteiger partial charge < -0.3 is 13.7 Å². The molecule has 0 fully saturated rings. The van der Waals surface area contributed by atoms with Gasteiger partial charge in [-0.25, -0.2) is 0 Å². The Kier molecular flexibility index (Phi) is 9.23. The highest BCUT2D eigenvalue weighted by Crippen LogP contribution is 2.40. The summed E-state index contributed by atoms with van der Waals surface area (Å²) in [6.07, 6.45) is 0. The molecule has 0 unspecified atom stereocenters. The van der Waals surface area contributed by atoms with Crippen molar-refractivity contribution < 1.29 is 0 Å². The van der Waals surface area contributed by atoms with E-state index in [9.17, 15) is 0 Å². The minimum absolute atomic E-state index is 1.14. The summed E-state index contributed by atoms with van der Waals surface area (Å²) in [6, 6.07) is 101. The highest BCUT2D eigenvalue weighted by molar-refractivity contribution is 7.19. The number of fused-ring (bicyclic) bond motifs is 9. The average Bonchev–Trinajstić information content (AvgIpc) is 4.07. The Hall–Kier alpha value is -8.96. The molecule has 0 aliphatic rings. The van der Waals surface area contributed by atoms with Crippen LogP contribution in [0.25, 0.3) is 93.6 Å². The monoisotopic (exact) mass is 907 g/mol. The number of aromatic nitrogens is 3. The highest BCUT2D eigenvalue weighted by Gasteiger charge is 2.41. The van der Waals surface area contributed by atoms with E-state index in [4.69, 9.17) is 0 Å². The summed E-state index contributed by atoms with van der Waals surface area (Å²) in [5.74, 6) is 0. The maximum Gasteiger partial charge on any atom is 0.179 e. The standard InChI is InChI=1S/C66H45N3Si/c1-5-21-48(22-6-1)67-61-33-16-13-30-55(61)58-43-47(36-41-64(58)67)46-20-19-29-54(42-46)70(51-25-9-3-10-26-51,52-27-11-4-12-28-52)53-39-37-50(38-40-53)69-63-35-18-15-32-57(63)60-44-65-59(45-66(60)69)56-31-14-17-34-62(56)68(65)49-23-7-2-8-24-49/h1-45H. The first-order valence-corrected chi connectivity index (χ1v) is 26.2. The third-order valence-electron chi connectivity index (χ3n) is 14.8. The number of nitrogens with zero attached hydrogens (tertiary/aromatic N) is 3. The maximum atomic E-state index is 2.49. The van der Waals surface area contributed by atoms with Crippen molar-refractivity contribution in [2.75, 3.05) is 0 Å². The zero-order valence-electron chi connectivity index (χ0n) is 38.3. The minimum atomic E-state index is -2.93. The van der Waals surface area contributed by atoms with Crippen molar-refractivity contribution in [2.24, 2.45) is 0 Å². The molecule has 3 heterocycles. The molecule has 0 atom stereocenters. The molecule has 0 amide bonds. The molecule has 0 saturated heterocycles. The van der Waals surface area contributed by atoms with E-state index in [-0.39, 0.29) is 0 Å². The number of hydrogen-bond donors (Lipinski definition) is 0. The summed E-state index contributed by atoms with van der Waals surface area (Å²) in [5.41, 5.74) is 13.1. The SMILES string of the molecule is c1ccc(-n2c3ccccc3c3cc(-c4cccc([Si](c5ccccc5)(c5ccccc5)c5ccc(-n6c7ccccc7c7cc8c(cc76)c6ccccc6n8-c6ccccc6)cc5)c4)ccc32)cc1. The van der Waals surface area contributed by atoms with E-state index in [0.717, 1.165) is 11.4 Å². The van der Waals surface area contributed by atoms with E-state index in [0.29, 0.717) is 0 Å². The Bertz CT molecular complexity index is 4220. The molecule has 4 heteroatoms. The Morgan fingerprint density at radius 1 is 0.200 bits per heavy atom. The van der Waals surface area contributed by atoms with Gasteiger partial charge in [0.2, 0.25) is 0 Å². The molecular weight excluding hydrogens is 863 g/mol. The van der Waals surface area contributed by atoms with Crippen LogP contribution in [0.1, 0.15) is 0 Å². The van der Waals surface area contributed by atoms with Crippen molar-refractivity contribution in [3.8, 4) is 28.2 Å². The first-order valence-electron chi connectivity index (χ1n) is 24.2. The van der Waals surface area contributed by atoms with Crippen LogP contribution < -0.4 is 20.7 Å². The van der Waals surface area contributed by atoms with Gasteiger partial charge in [0, 0.05) is 49.4 Å². The molecule has 0 spiro atoms. The lowest BCUT2D eigenvalue weighted by molar-refractivity contribution is 1.17. The van der Waals surface area contributed by atoms with Crippen LogP contribution >= 0.6 is 0 Å². The molecule has 70 heavy (non-hydrogen) atoms. The fourth-order valence-corrected chi connectivity index (χ4v) is 16.5. The van der Waals surface area contributed by atoms with E-state index in [1.165, 1.54) is 103 Å². The summed E-state index contributed by atoms with van der Waals surface area (Å²) in [6.45, 7) is 0. The number of para-hydroxylation sites is 5. The second-order valence-electron chi connectivity index (χ2n) is 18.5. The van der Waals surface area contributed by atoms with Crippen molar-refractivity contribution in [3.05, 3.63) is 273 Å². The van der Waals surface area contributed by atoms with Gasteiger partial charge in [0.1, 0.15) is 0 Å². The molecule has 0 radical (unpaired) electrons. The van der Waals surface area contributed by atoms with Crippen LogP contribution in [0.15, 0.2) is 273 Å². The summed E-state index contributed by atoms with van der Waals surface area (Å²) in [7, 11) is -2.93.